The van der Waals surface area contributed by atoms with Gasteiger partial charge in [0.05, 0.1) is 39.5 Å². The number of para-hydroxylation sites is 2. The molecular weight excluding hydrogens is 394 g/mol. The number of aryl methyl sites for hydroxylation is 3. The molecule has 2 heterocycles. The van der Waals surface area contributed by atoms with Crippen molar-refractivity contribution < 1.29 is 4.79 Å². The molecule has 1 amide bonds. The lowest BCUT2D eigenvalue weighted by Crippen LogP contribution is -2.15. The second kappa shape index (κ2) is 8.36. The summed E-state index contributed by atoms with van der Waals surface area (Å²) in [6, 6.07) is 16.2. The fraction of sp³-hybridized carbons (Fsp3) is 0.261. The molecular formula is C23H25N5OS. The van der Waals surface area contributed by atoms with E-state index in [0.29, 0.717) is 0 Å². The molecule has 1 N–H and O–H groups in total. The normalized spacial score (nSPS) is 11.2. The van der Waals surface area contributed by atoms with E-state index in [-0.39, 0.29) is 11.7 Å². The number of hydrogen-bond donors (Lipinski definition) is 1. The number of nitrogens with zero attached hydrogens (tertiary/aromatic N) is 4. The van der Waals surface area contributed by atoms with E-state index in [0.717, 1.165) is 45.5 Å². The molecule has 30 heavy (non-hydrogen) atoms. The monoisotopic (exact) mass is 419 g/mol. The van der Waals surface area contributed by atoms with Crippen LogP contribution in [0.25, 0.3) is 16.7 Å². The van der Waals surface area contributed by atoms with Crippen LogP contribution in [0.4, 0.5) is 5.69 Å². The van der Waals surface area contributed by atoms with Gasteiger partial charge in [-0.2, -0.15) is 5.10 Å². The molecule has 154 valence electrons. The van der Waals surface area contributed by atoms with Crippen molar-refractivity contribution in [3.05, 3.63) is 65.5 Å². The molecule has 0 saturated carbocycles. The first-order valence-corrected chi connectivity index (χ1v) is 11.0. The van der Waals surface area contributed by atoms with Crippen molar-refractivity contribution >= 4 is 34.4 Å². The number of amides is 1. The number of aromatic nitrogens is 4. The van der Waals surface area contributed by atoms with E-state index in [1.165, 1.54) is 17.3 Å². The number of nitrogens with one attached hydrogen (secondary N) is 1. The van der Waals surface area contributed by atoms with Crippen LogP contribution in [0.15, 0.2) is 53.7 Å². The average Bonchev–Trinajstić information content (AvgIpc) is 3.24. The van der Waals surface area contributed by atoms with E-state index < -0.39 is 0 Å². The van der Waals surface area contributed by atoms with Crippen LogP contribution < -0.4 is 5.32 Å². The second-order valence-corrected chi connectivity index (χ2v) is 8.20. The Morgan fingerprint density at radius 2 is 1.80 bits per heavy atom. The molecule has 4 aromatic rings. The summed E-state index contributed by atoms with van der Waals surface area (Å²) in [6.07, 6.45) is 0. The van der Waals surface area contributed by atoms with Gasteiger partial charge in [-0.25, -0.2) is 9.67 Å². The van der Waals surface area contributed by atoms with Gasteiger partial charge in [0.1, 0.15) is 0 Å². The van der Waals surface area contributed by atoms with Gasteiger partial charge in [-0.3, -0.25) is 4.79 Å². The van der Waals surface area contributed by atoms with Gasteiger partial charge in [0.2, 0.25) is 5.91 Å². The number of carbonyl (C=O) groups excluding carboxylic acids is 1. The van der Waals surface area contributed by atoms with E-state index in [9.17, 15) is 4.79 Å². The standard InChI is InChI=1S/C23H25N5OS/c1-5-27-20-9-7-6-8-19(20)24-23(27)30-14-21(29)25-22-16(3)26-28(17(22)4)18-12-10-15(2)11-13-18/h6-13H,5,14H2,1-4H3,(H,25,29). The van der Waals surface area contributed by atoms with Crippen molar-refractivity contribution in [1.82, 2.24) is 19.3 Å². The van der Waals surface area contributed by atoms with Crippen LogP contribution in [-0.4, -0.2) is 31.0 Å². The third kappa shape index (κ3) is 3.85. The van der Waals surface area contributed by atoms with Crippen LogP contribution in [0, 0.1) is 20.8 Å². The summed E-state index contributed by atoms with van der Waals surface area (Å²) >= 11 is 1.45. The first kappa shape index (κ1) is 20.2. The number of thioether (sulfide) groups is 1. The smallest absolute Gasteiger partial charge is 0.234 e. The van der Waals surface area contributed by atoms with E-state index >= 15 is 0 Å². The zero-order valence-electron chi connectivity index (χ0n) is 17.6. The molecule has 0 atom stereocenters. The molecule has 0 fully saturated rings. The largest absolute Gasteiger partial charge is 0.322 e. The fourth-order valence-electron chi connectivity index (χ4n) is 3.54. The molecule has 0 saturated heterocycles. The second-order valence-electron chi connectivity index (χ2n) is 7.26. The lowest BCUT2D eigenvalue weighted by atomic mass is 10.2. The van der Waals surface area contributed by atoms with Crippen LogP contribution >= 0.6 is 11.8 Å². The summed E-state index contributed by atoms with van der Waals surface area (Å²) in [5, 5.41) is 8.52. The molecule has 0 aliphatic rings. The number of imidazole rings is 1. The number of benzene rings is 2. The molecule has 0 spiro atoms. The Balaban J connectivity index is 1.49. The van der Waals surface area contributed by atoms with Gasteiger partial charge in [0, 0.05) is 6.54 Å². The maximum atomic E-state index is 12.7. The minimum Gasteiger partial charge on any atom is -0.322 e. The van der Waals surface area contributed by atoms with Gasteiger partial charge in [0.25, 0.3) is 0 Å². The molecule has 0 unspecified atom stereocenters. The minimum absolute atomic E-state index is 0.0654. The van der Waals surface area contributed by atoms with Gasteiger partial charge in [-0.15, -0.1) is 0 Å². The van der Waals surface area contributed by atoms with Crippen molar-refractivity contribution in [3.8, 4) is 5.69 Å². The van der Waals surface area contributed by atoms with Crippen molar-refractivity contribution in [2.75, 3.05) is 11.1 Å². The van der Waals surface area contributed by atoms with Crippen LogP contribution in [0.3, 0.4) is 0 Å². The SMILES string of the molecule is CCn1c(SCC(=O)Nc2c(C)nn(-c3ccc(C)cc3)c2C)nc2ccccc21. The summed E-state index contributed by atoms with van der Waals surface area (Å²) in [5.41, 5.74) is 6.70. The van der Waals surface area contributed by atoms with Crippen LogP contribution in [0.1, 0.15) is 23.9 Å². The Bertz CT molecular complexity index is 1210. The van der Waals surface area contributed by atoms with Gasteiger partial charge in [-0.1, -0.05) is 41.6 Å². The molecule has 0 bridgehead atoms. The van der Waals surface area contributed by atoms with E-state index in [1.54, 1.807) is 0 Å². The zero-order chi connectivity index (χ0) is 21.3. The maximum absolute atomic E-state index is 12.7. The number of hydrogen-bond acceptors (Lipinski definition) is 4. The lowest BCUT2D eigenvalue weighted by molar-refractivity contribution is -0.113. The predicted molar refractivity (Wildman–Crippen MR) is 123 cm³/mol. The van der Waals surface area contributed by atoms with E-state index in [1.807, 2.05) is 48.9 Å². The Labute approximate surface area is 180 Å². The highest BCUT2D eigenvalue weighted by molar-refractivity contribution is 7.99. The van der Waals surface area contributed by atoms with E-state index in [2.05, 4.69) is 52.0 Å². The molecule has 0 aliphatic carbocycles. The topological polar surface area (TPSA) is 64.7 Å². The highest BCUT2D eigenvalue weighted by atomic mass is 32.2. The third-order valence-electron chi connectivity index (χ3n) is 5.10. The van der Waals surface area contributed by atoms with Gasteiger partial charge < -0.3 is 9.88 Å². The van der Waals surface area contributed by atoms with Gasteiger partial charge in [-0.05, 0) is 52.0 Å². The highest BCUT2D eigenvalue weighted by Gasteiger charge is 2.17. The molecule has 7 heteroatoms. The minimum atomic E-state index is -0.0654. The maximum Gasteiger partial charge on any atom is 0.234 e. The molecule has 6 nitrogen and oxygen atoms in total. The molecule has 2 aromatic heterocycles. The predicted octanol–water partition coefficient (Wildman–Crippen LogP) is 4.90. The third-order valence-corrected chi connectivity index (χ3v) is 6.08. The van der Waals surface area contributed by atoms with Crippen molar-refractivity contribution in [2.45, 2.75) is 39.4 Å². The van der Waals surface area contributed by atoms with Gasteiger partial charge in [0.15, 0.2) is 5.16 Å². The quantitative estimate of drug-likeness (QED) is 0.452. The highest BCUT2D eigenvalue weighted by Crippen LogP contribution is 2.26. The van der Waals surface area contributed by atoms with E-state index in [4.69, 9.17) is 0 Å². The molecule has 4 rings (SSSR count). The Morgan fingerprint density at radius 3 is 2.53 bits per heavy atom. The summed E-state index contributed by atoms with van der Waals surface area (Å²) in [6.45, 7) is 8.84. The fourth-order valence-corrected chi connectivity index (χ4v) is 4.41. The van der Waals surface area contributed by atoms with Crippen LogP contribution in [0.5, 0.6) is 0 Å². The van der Waals surface area contributed by atoms with Crippen molar-refractivity contribution in [3.63, 3.8) is 0 Å². The lowest BCUT2D eigenvalue weighted by Gasteiger charge is -2.08. The first-order chi connectivity index (χ1) is 14.5. The number of fused-ring (bicyclic) bond motifs is 1. The molecule has 0 radical (unpaired) electrons. The number of rotatable bonds is 6. The summed E-state index contributed by atoms with van der Waals surface area (Å²) in [4.78, 5) is 17.4. The van der Waals surface area contributed by atoms with Crippen LogP contribution in [0.2, 0.25) is 0 Å². The summed E-state index contributed by atoms with van der Waals surface area (Å²) in [7, 11) is 0. The Kier molecular flexibility index (Phi) is 5.63. The molecule has 2 aromatic carbocycles. The summed E-state index contributed by atoms with van der Waals surface area (Å²) < 4.78 is 4.01. The Hall–Kier alpha value is -3.06. The van der Waals surface area contributed by atoms with Crippen LogP contribution in [-0.2, 0) is 11.3 Å². The first-order valence-electron chi connectivity index (χ1n) is 9.99. The summed E-state index contributed by atoms with van der Waals surface area (Å²) in [5.74, 6) is 0.224. The Morgan fingerprint density at radius 1 is 1.07 bits per heavy atom. The number of carbonyl (C=O) groups is 1. The van der Waals surface area contributed by atoms with Gasteiger partial charge >= 0.3 is 0 Å². The van der Waals surface area contributed by atoms with Crippen molar-refractivity contribution in [1.29, 1.82) is 0 Å². The number of anilines is 1. The average molecular weight is 420 g/mol. The zero-order valence-corrected chi connectivity index (χ0v) is 18.5. The molecule has 0 aliphatic heterocycles. The van der Waals surface area contributed by atoms with Crippen molar-refractivity contribution in [2.24, 2.45) is 0 Å².